The first-order chi connectivity index (χ1) is 11.5. The quantitative estimate of drug-likeness (QED) is 0.588. The van der Waals surface area contributed by atoms with Crippen LogP contribution >= 0.6 is 0 Å². The molecule has 0 bridgehead atoms. The summed E-state index contributed by atoms with van der Waals surface area (Å²) in [6, 6.07) is 11.0. The second kappa shape index (κ2) is 6.11. The predicted molar refractivity (Wildman–Crippen MR) is 87.2 cm³/mol. The molecule has 0 aliphatic heterocycles. The van der Waals surface area contributed by atoms with Gasteiger partial charge in [0.2, 0.25) is 0 Å². The van der Waals surface area contributed by atoms with Crippen molar-refractivity contribution in [3.8, 4) is 5.69 Å². The van der Waals surface area contributed by atoms with Crippen LogP contribution in [-0.2, 0) is 4.79 Å². The van der Waals surface area contributed by atoms with Crippen LogP contribution < -0.4 is 5.32 Å². The van der Waals surface area contributed by atoms with E-state index in [0.29, 0.717) is 17.1 Å². The van der Waals surface area contributed by atoms with Gasteiger partial charge in [-0.3, -0.25) is 9.59 Å². The smallest absolute Gasteiger partial charge is 0.298 e. The number of hydrogen-bond donors (Lipinski definition) is 1. The lowest BCUT2D eigenvalue weighted by molar-refractivity contribution is -0.112. The van der Waals surface area contributed by atoms with Gasteiger partial charge in [0, 0.05) is 6.07 Å². The summed E-state index contributed by atoms with van der Waals surface area (Å²) >= 11 is 0. The van der Waals surface area contributed by atoms with Crippen LogP contribution in [0.5, 0.6) is 0 Å². The average Bonchev–Trinajstić information content (AvgIpc) is 3.10. The van der Waals surface area contributed by atoms with Crippen molar-refractivity contribution in [2.75, 3.05) is 5.32 Å². The van der Waals surface area contributed by atoms with Gasteiger partial charge in [-0.2, -0.15) is 5.10 Å². The zero-order valence-corrected chi connectivity index (χ0v) is 13.5. The number of nitrogens with one attached hydrogen (secondary N) is 1. The molecule has 7 nitrogen and oxygen atoms in total. The van der Waals surface area contributed by atoms with Gasteiger partial charge in [0.15, 0.2) is 5.82 Å². The number of aryl methyl sites for hydroxylation is 2. The number of nitrogens with zero attached hydrogens (tertiary/aromatic N) is 3. The maximum absolute atomic E-state index is 12.5. The Balaban J connectivity index is 1.90. The summed E-state index contributed by atoms with van der Waals surface area (Å²) < 4.78 is 6.52. The van der Waals surface area contributed by atoms with Crippen LogP contribution in [0.25, 0.3) is 5.69 Å². The fourth-order valence-electron chi connectivity index (χ4n) is 2.50. The van der Waals surface area contributed by atoms with E-state index >= 15 is 0 Å². The molecule has 2 heterocycles. The lowest BCUT2D eigenvalue weighted by Gasteiger charge is -2.04. The maximum Gasteiger partial charge on any atom is 0.298 e. The number of amides is 1. The summed E-state index contributed by atoms with van der Waals surface area (Å²) in [7, 11) is 0. The highest BCUT2D eigenvalue weighted by Crippen LogP contribution is 2.19. The summed E-state index contributed by atoms with van der Waals surface area (Å²) in [5.41, 5.74) is 2.21. The molecule has 1 amide bonds. The van der Waals surface area contributed by atoms with E-state index < -0.39 is 11.7 Å². The average molecular weight is 324 g/mol. The SMILES string of the molecule is Cc1cc(NC(=O)C(=O)c2c(C)nn(-c3ccccc3)c2C)no1. The van der Waals surface area contributed by atoms with Crippen molar-refractivity contribution < 1.29 is 14.1 Å². The van der Waals surface area contributed by atoms with E-state index in [1.807, 2.05) is 30.3 Å². The number of aromatic nitrogens is 3. The number of carbonyl (C=O) groups excluding carboxylic acids is 2. The predicted octanol–water partition coefficient (Wildman–Crippen LogP) is 2.61. The number of rotatable bonds is 4. The number of benzene rings is 1. The van der Waals surface area contributed by atoms with E-state index in [-0.39, 0.29) is 11.4 Å². The molecule has 0 aliphatic carbocycles. The van der Waals surface area contributed by atoms with E-state index in [1.165, 1.54) is 6.07 Å². The van der Waals surface area contributed by atoms with Crippen LogP contribution in [0.1, 0.15) is 27.5 Å². The van der Waals surface area contributed by atoms with Gasteiger partial charge in [0.1, 0.15) is 5.76 Å². The summed E-state index contributed by atoms with van der Waals surface area (Å²) in [4.78, 5) is 24.7. The fraction of sp³-hybridized carbons (Fsp3) is 0.176. The molecule has 7 heteroatoms. The normalized spacial score (nSPS) is 10.6. The molecule has 0 radical (unpaired) electrons. The zero-order valence-electron chi connectivity index (χ0n) is 13.5. The van der Waals surface area contributed by atoms with Crippen molar-refractivity contribution in [2.24, 2.45) is 0 Å². The van der Waals surface area contributed by atoms with Gasteiger partial charge in [-0.05, 0) is 32.9 Å². The van der Waals surface area contributed by atoms with Crippen LogP contribution in [0.3, 0.4) is 0 Å². The highest BCUT2D eigenvalue weighted by Gasteiger charge is 2.25. The second-order valence-electron chi connectivity index (χ2n) is 5.40. The third-order valence-electron chi connectivity index (χ3n) is 3.59. The summed E-state index contributed by atoms with van der Waals surface area (Å²) in [6.07, 6.45) is 0. The Morgan fingerprint density at radius 2 is 1.83 bits per heavy atom. The Morgan fingerprint density at radius 1 is 1.12 bits per heavy atom. The lowest BCUT2D eigenvalue weighted by Crippen LogP contribution is -2.24. The van der Waals surface area contributed by atoms with Crippen LogP contribution in [0.2, 0.25) is 0 Å². The van der Waals surface area contributed by atoms with Crippen molar-refractivity contribution in [1.82, 2.24) is 14.9 Å². The van der Waals surface area contributed by atoms with Crippen molar-refractivity contribution in [3.05, 3.63) is 59.1 Å². The van der Waals surface area contributed by atoms with Crippen LogP contribution in [0, 0.1) is 20.8 Å². The van der Waals surface area contributed by atoms with Crippen LogP contribution in [-0.4, -0.2) is 26.6 Å². The Kier molecular flexibility index (Phi) is 3.99. The largest absolute Gasteiger partial charge is 0.360 e. The van der Waals surface area contributed by atoms with Gasteiger partial charge >= 0.3 is 0 Å². The Hall–Kier alpha value is -3.22. The van der Waals surface area contributed by atoms with Crippen LogP contribution in [0.4, 0.5) is 5.82 Å². The van der Waals surface area contributed by atoms with Crippen molar-refractivity contribution >= 4 is 17.5 Å². The maximum atomic E-state index is 12.5. The molecule has 24 heavy (non-hydrogen) atoms. The first-order valence-corrected chi connectivity index (χ1v) is 7.38. The molecule has 3 rings (SSSR count). The second-order valence-corrected chi connectivity index (χ2v) is 5.40. The first kappa shape index (κ1) is 15.7. The topological polar surface area (TPSA) is 90.0 Å². The summed E-state index contributed by atoms with van der Waals surface area (Å²) in [5, 5.41) is 10.5. The number of anilines is 1. The highest BCUT2D eigenvalue weighted by atomic mass is 16.5. The molecule has 0 atom stereocenters. The van der Waals surface area contributed by atoms with Gasteiger partial charge in [-0.15, -0.1) is 0 Å². The zero-order chi connectivity index (χ0) is 17.3. The molecule has 1 aromatic carbocycles. The van der Waals surface area contributed by atoms with E-state index in [1.54, 1.807) is 25.5 Å². The minimum atomic E-state index is -0.776. The molecular formula is C17H16N4O3. The van der Waals surface area contributed by atoms with E-state index in [4.69, 9.17) is 4.52 Å². The third-order valence-corrected chi connectivity index (χ3v) is 3.59. The molecule has 1 N–H and O–H groups in total. The summed E-state index contributed by atoms with van der Waals surface area (Å²) in [5.74, 6) is -0.687. The molecular weight excluding hydrogens is 308 g/mol. The molecule has 0 fully saturated rings. The standard InChI is InChI=1S/C17H16N4O3/c1-10-9-14(20-24-10)18-17(23)16(22)15-11(2)19-21(12(15)3)13-7-5-4-6-8-13/h4-9H,1-3H3,(H,18,20,23). The minimum Gasteiger partial charge on any atom is -0.360 e. The van der Waals surface area contributed by atoms with Gasteiger partial charge in [0.05, 0.1) is 22.6 Å². The van der Waals surface area contributed by atoms with Crippen molar-refractivity contribution in [1.29, 1.82) is 0 Å². The third kappa shape index (κ3) is 2.83. The Morgan fingerprint density at radius 3 is 2.46 bits per heavy atom. The van der Waals surface area contributed by atoms with E-state index in [0.717, 1.165) is 5.69 Å². The van der Waals surface area contributed by atoms with Crippen molar-refractivity contribution in [3.63, 3.8) is 0 Å². The van der Waals surface area contributed by atoms with Gasteiger partial charge in [-0.25, -0.2) is 4.68 Å². The molecule has 0 unspecified atom stereocenters. The first-order valence-electron chi connectivity index (χ1n) is 7.38. The highest BCUT2D eigenvalue weighted by molar-refractivity contribution is 6.47. The van der Waals surface area contributed by atoms with E-state index in [9.17, 15) is 9.59 Å². The number of carbonyl (C=O) groups is 2. The van der Waals surface area contributed by atoms with E-state index in [2.05, 4.69) is 15.6 Å². The lowest BCUT2D eigenvalue weighted by atomic mass is 10.1. The monoisotopic (exact) mass is 324 g/mol. The molecule has 0 aliphatic rings. The number of para-hydroxylation sites is 1. The van der Waals surface area contributed by atoms with Crippen LogP contribution in [0.15, 0.2) is 40.9 Å². The Labute approximate surface area is 138 Å². The summed E-state index contributed by atoms with van der Waals surface area (Å²) in [6.45, 7) is 5.16. The molecule has 0 spiro atoms. The van der Waals surface area contributed by atoms with Gasteiger partial charge < -0.3 is 9.84 Å². The number of hydrogen-bond acceptors (Lipinski definition) is 5. The minimum absolute atomic E-state index is 0.205. The number of ketones is 1. The molecule has 2 aromatic heterocycles. The molecule has 0 saturated heterocycles. The molecule has 3 aromatic rings. The number of Topliss-reactive ketones (excluding diaryl/α,β-unsaturated/α-hetero) is 1. The van der Waals surface area contributed by atoms with Crippen molar-refractivity contribution in [2.45, 2.75) is 20.8 Å². The Bertz CT molecular complexity index is 909. The molecule has 122 valence electrons. The van der Waals surface area contributed by atoms with Gasteiger partial charge in [-0.1, -0.05) is 23.4 Å². The molecule has 0 saturated carbocycles. The fourth-order valence-corrected chi connectivity index (χ4v) is 2.50. The van der Waals surface area contributed by atoms with Gasteiger partial charge in [0.25, 0.3) is 11.7 Å².